The van der Waals surface area contributed by atoms with E-state index < -0.39 is 12.7 Å². The van der Waals surface area contributed by atoms with E-state index in [1.54, 1.807) is 12.1 Å². The first kappa shape index (κ1) is 13.2. The van der Waals surface area contributed by atoms with E-state index in [-0.39, 0.29) is 0 Å². The summed E-state index contributed by atoms with van der Waals surface area (Å²) in [5.41, 5.74) is 1.66. The molecule has 0 aromatic heterocycles. The van der Waals surface area contributed by atoms with Crippen LogP contribution in [0.5, 0.6) is 0 Å². The Labute approximate surface area is 105 Å². The fourth-order valence-corrected chi connectivity index (χ4v) is 2.13. The monoisotopic (exact) mass is 258 g/mol. The quantitative estimate of drug-likeness (QED) is 0.891. The molecule has 1 aromatic rings. The smallest absolute Gasteiger partial charge is 0.376 e. The zero-order valence-corrected chi connectivity index (χ0v) is 10.1. The number of anilines is 1. The minimum Gasteiger partial charge on any atom is -0.376 e. The molecule has 1 aromatic carbocycles. The van der Waals surface area contributed by atoms with Gasteiger partial charge in [-0.15, -0.1) is 0 Å². The van der Waals surface area contributed by atoms with Crippen LogP contribution in [0.3, 0.4) is 0 Å². The van der Waals surface area contributed by atoms with Gasteiger partial charge in [-0.1, -0.05) is 12.1 Å². The van der Waals surface area contributed by atoms with E-state index in [9.17, 15) is 13.2 Å². The summed E-state index contributed by atoms with van der Waals surface area (Å²) in [6.45, 7) is 2.14. The van der Waals surface area contributed by atoms with Crippen LogP contribution in [-0.4, -0.2) is 30.7 Å². The van der Waals surface area contributed by atoms with Crippen LogP contribution in [0.1, 0.15) is 18.4 Å². The van der Waals surface area contributed by atoms with Gasteiger partial charge < -0.3 is 5.32 Å². The first-order chi connectivity index (χ1) is 8.53. The lowest BCUT2D eigenvalue weighted by molar-refractivity contribution is -0.115. The Bertz CT molecular complexity index is 367. The van der Waals surface area contributed by atoms with Gasteiger partial charge in [-0.2, -0.15) is 13.2 Å². The second-order valence-electron chi connectivity index (χ2n) is 4.65. The van der Waals surface area contributed by atoms with E-state index in [1.165, 1.54) is 12.8 Å². The third-order valence-electron chi connectivity index (χ3n) is 3.05. The number of nitrogens with zero attached hydrogens (tertiary/aromatic N) is 1. The molecule has 0 aliphatic carbocycles. The van der Waals surface area contributed by atoms with E-state index in [4.69, 9.17) is 0 Å². The molecule has 1 aliphatic rings. The van der Waals surface area contributed by atoms with Crippen molar-refractivity contribution in [3.8, 4) is 0 Å². The zero-order chi connectivity index (χ0) is 13.0. The highest BCUT2D eigenvalue weighted by molar-refractivity contribution is 5.44. The number of rotatable bonds is 4. The number of halogens is 3. The Morgan fingerprint density at radius 2 is 1.67 bits per heavy atom. The van der Waals surface area contributed by atoms with Crippen LogP contribution < -0.4 is 5.32 Å². The molecule has 0 bridgehead atoms. The van der Waals surface area contributed by atoms with Gasteiger partial charge in [0.15, 0.2) is 0 Å². The maximum Gasteiger partial charge on any atom is 0.405 e. The highest BCUT2D eigenvalue weighted by Crippen LogP contribution is 2.18. The van der Waals surface area contributed by atoms with Crippen molar-refractivity contribution in [1.82, 2.24) is 4.90 Å². The van der Waals surface area contributed by atoms with Crippen molar-refractivity contribution in [3.63, 3.8) is 0 Å². The summed E-state index contributed by atoms with van der Waals surface area (Å²) in [4.78, 5) is 2.36. The number of hydrogen-bond acceptors (Lipinski definition) is 2. The van der Waals surface area contributed by atoms with E-state index in [1.807, 2.05) is 12.1 Å². The Balaban J connectivity index is 1.85. The molecule has 0 amide bonds. The molecule has 100 valence electrons. The summed E-state index contributed by atoms with van der Waals surface area (Å²) in [6, 6.07) is 7.18. The molecule has 0 spiro atoms. The first-order valence-corrected chi connectivity index (χ1v) is 6.15. The molecule has 18 heavy (non-hydrogen) atoms. The lowest BCUT2D eigenvalue weighted by Gasteiger charge is -2.15. The Morgan fingerprint density at radius 3 is 2.22 bits per heavy atom. The topological polar surface area (TPSA) is 15.3 Å². The van der Waals surface area contributed by atoms with Gasteiger partial charge in [0.05, 0.1) is 0 Å². The van der Waals surface area contributed by atoms with E-state index in [2.05, 4.69) is 10.2 Å². The van der Waals surface area contributed by atoms with Gasteiger partial charge in [0.25, 0.3) is 0 Å². The maximum atomic E-state index is 12.0. The summed E-state index contributed by atoms with van der Waals surface area (Å²) in [5.74, 6) is 0. The molecule has 1 aliphatic heterocycles. The Morgan fingerprint density at radius 1 is 1.06 bits per heavy atom. The van der Waals surface area contributed by atoms with Crippen LogP contribution in [0.15, 0.2) is 24.3 Å². The first-order valence-electron chi connectivity index (χ1n) is 6.15. The largest absolute Gasteiger partial charge is 0.405 e. The third-order valence-corrected chi connectivity index (χ3v) is 3.05. The SMILES string of the molecule is FC(F)(F)CNc1ccc(CN2CCCC2)cc1. The van der Waals surface area contributed by atoms with Crippen LogP contribution in [0, 0.1) is 0 Å². The lowest BCUT2D eigenvalue weighted by atomic mass is 10.2. The zero-order valence-electron chi connectivity index (χ0n) is 10.1. The predicted octanol–water partition coefficient (Wildman–Crippen LogP) is 3.26. The molecule has 1 saturated heterocycles. The summed E-state index contributed by atoms with van der Waals surface area (Å²) < 4.78 is 36.1. The molecular weight excluding hydrogens is 241 g/mol. The van der Waals surface area contributed by atoms with Gasteiger partial charge in [0.1, 0.15) is 6.54 Å². The van der Waals surface area contributed by atoms with Crippen LogP contribution in [0.4, 0.5) is 18.9 Å². The second-order valence-corrected chi connectivity index (χ2v) is 4.65. The minimum atomic E-state index is -4.17. The second kappa shape index (κ2) is 5.61. The van der Waals surface area contributed by atoms with Crippen molar-refractivity contribution >= 4 is 5.69 Å². The molecule has 0 saturated carbocycles. The van der Waals surface area contributed by atoms with Crippen LogP contribution in [-0.2, 0) is 6.54 Å². The van der Waals surface area contributed by atoms with Gasteiger partial charge in [0.2, 0.25) is 0 Å². The predicted molar refractivity (Wildman–Crippen MR) is 65.5 cm³/mol. The van der Waals surface area contributed by atoms with E-state index in [0.717, 1.165) is 25.2 Å². The molecular formula is C13H17F3N2. The number of likely N-dealkylation sites (tertiary alicyclic amines) is 1. The standard InChI is InChI=1S/C13H17F3N2/c14-13(15,16)10-17-12-5-3-11(4-6-12)9-18-7-1-2-8-18/h3-6,17H,1-2,7-10H2. The van der Waals surface area contributed by atoms with Gasteiger partial charge in [-0.25, -0.2) is 0 Å². The van der Waals surface area contributed by atoms with Gasteiger partial charge in [-0.05, 0) is 43.6 Å². The maximum absolute atomic E-state index is 12.0. The Hall–Kier alpha value is -1.23. The van der Waals surface area contributed by atoms with Crippen molar-refractivity contribution in [3.05, 3.63) is 29.8 Å². The van der Waals surface area contributed by atoms with Crippen LogP contribution in [0.2, 0.25) is 0 Å². The fourth-order valence-electron chi connectivity index (χ4n) is 2.13. The molecule has 1 fully saturated rings. The van der Waals surface area contributed by atoms with Gasteiger partial charge in [0, 0.05) is 12.2 Å². The minimum absolute atomic E-state index is 0.512. The normalized spacial score (nSPS) is 17.1. The lowest BCUT2D eigenvalue weighted by Crippen LogP contribution is -2.21. The molecule has 2 nitrogen and oxygen atoms in total. The summed E-state index contributed by atoms with van der Waals surface area (Å²) in [7, 11) is 0. The number of hydrogen-bond donors (Lipinski definition) is 1. The average molecular weight is 258 g/mol. The molecule has 1 heterocycles. The van der Waals surface area contributed by atoms with E-state index >= 15 is 0 Å². The molecule has 0 unspecified atom stereocenters. The van der Waals surface area contributed by atoms with Crippen LogP contribution in [0.25, 0.3) is 0 Å². The van der Waals surface area contributed by atoms with Gasteiger partial charge >= 0.3 is 6.18 Å². The molecule has 1 N–H and O–H groups in total. The molecule has 5 heteroatoms. The van der Waals surface area contributed by atoms with Crippen LogP contribution >= 0.6 is 0 Å². The summed E-state index contributed by atoms with van der Waals surface area (Å²) in [6.07, 6.45) is -1.69. The van der Waals surface area contributed by atoms with Crippen molar-refractivity contribution in [2.75, 3.05) is 25.0 Å². The number of alkyl halides is 3. The summed E-state index contributed by atoms with van der Waals surface area (Å²) in [5, 5.41) is 2.37. The van der Waals surface area contributed by atoms with Crippen molar-refractivity contribution in [2.45, 2.75) is 25.6 Å². The average Bonchev–Trinajstić information content (AvgIpc) is 2.80. The number of benzene rings is 1. The van der Waals surface area contributed by atoms with Crippen molar-refractivity contribution < 1.29 is 13.2 Å². The van der Waals surface area contributed by atoms with Gasteiger partial charge in [-0.3, -0.25) is 4.90 Å². The highest BCUT2D eigenvalue weighted by Gasteiger charge is 2.26. The third kappa shape index (κ3) is 4.22. The van der Waals surface area contributed by atoms with Crippen molar-refractivity contribution in [2.24, 2.45) is 0 Å². The van der Waals surface area contributed by atoms with Crippen molar-refractivity contribution in [1.29, 1.82) is 0 Å². The summed E-state index contributed by atoms with van der Waals surface area (Å²) >= 11 is 0. The molecule has 0 atom stereocenters. The Kier molecular flexibility index (Phi) is 4.11. The molecule has 2 rings (SSSR count). The fraction of sp³-hybridized carbons (Fsp3) is 0.538. The molecule has 0 radical (unpaired) electrons. The highest BCUT2D eigenvalue weighted by atomic mass is 19.4. The van der Waals surface area contributed by atoms with E-state index in [0.29, 0.717) is 5.69 Å². The number of nitrogens with one attached hydrogen (secondary N) is 1.